The molecule has 2 fully saturated rings. The Labute approximate surface area is 251 Å². The van der Waals surface area contributed by atoms with Gasteiger partial charge in [0.15, 0.2) is 0 Å². The van der Waals surface area contributed by atoms with Crippen LogP contribution in [-0.4, -0.2) is 55.0 Å². The van der Waals surface area contributed by atoms with E-state index in [2.05, 4.69) is 25.7 Å². The van der Waals surface area contributed by atoms with Crippen LogP contribution in [0.2, 0.25) is 0 Å². The van der Waals surface area contributed by atoms with Crippen molar-refractivity contribution in [1.29, 1.82) is 0 Å². The van der Waals surface area contributed by atoms with Crippen molar-refractivity contribution in [2.24, 2.45) is 11.8 Å². The first-order valence-corrected chi connectivity index (χ1v) is 14.8. The lowest BCUT2D eigenvalue weighted by molar-refractivity contribution is -0.146. The van der Waals surface area contributed by atoms with Gasteiger partial charge in [0, 0.05) is 66.8 Å². The Morgan fingerprint density at radius 2 is 1.91 bits per heavy atom. The van der Waals surface area contributed by atoms with Gasteiger partial charge in [0.1, 0.15) is 11.6 Å². The maximum absolute atomic E-state index is 14.9. The topological polar surface area (TPSA) is 108 Å². The zero-order chi connectivity index (χ0) is 30.6. The molecule has 1 saturated heterocycles. The van der Waals surface area contributed by atoms with E-state index in [1.807, 2.05) is 19.2 Å². The summed E-state index contributed by atoms with van der Waals surface area (Å²) in [7, 11) is 0. The first kappa shape index (κ1) is 28.2. The molecule has 2 aliphatic heterocycles. The lowest BCUT2D eigenvalue weighted by Gasteiger charge is -2.42. The van der Waals surface area contributed by atoms with Crippen LogP contribution < -0.4 is 10.6 Å². The lowest BCUT2D eigenvalue weighted by Crippen LogP contribution is -2.53. The third kappa shape index (κ3) is 5.11. The van der Waals surface area contributed by atoms with Crippen molar-refractivity contribution >= 4 is 17.5 Å². The smallest absolute Gasteiger partial charge is 0.251 e. The molecule has 0 spiro atoms. The molecule has 0 radical (unpaired) electrons. The summed E-state index contributed by atoms with van der Waals surface area (Å²) in [6, 6.07) is 11.5. The van der Waals surface area contributed by atoms with Gasteiger partial charge in [-0.1, -0.05) is 0 Å². The number of aromatic nitrogens is 4. The number of benzene rings is 2. The van der Waals surface area contributed by atoms with Crippen molar-refractivity contribution < 1.29 is 22.8 Å². The van der Waals surface area contributed by atoms with E-state index in [4.69, 9.17) is 0 Å². The second-order valence-electron chi connectivity index (χ2n) is 12.0. The van der Waals surface area contributed by atoms with E-state index in [0.29, 0.717) is 35.6 Å². The third-order valence-electron chi connectivity index (χ3n) is 9.19. The number of imidazole rings is 1. The van der Waals surface area contributed by atoms with E-state index >= 15 is 0 Å². The summed E-state index contributed by atoms with van der Waals surface area (Å²) < 4.78 is 45.9. The molecule has 4 heterocycles. The monoisotopic (exact) mass is 603 g/mol. The van der Waals surface area contributed by atoms with Gasteiger partial charge in [-0.15, -0.1) is 0 Å². The summed E-state index contributed by atoms with van der Waals surface area (Å²) in [6.07, 6.45) is 4.62. The highest BCUT2D eigenvalue weighted by Crippen LogP contribution is 2.52. The van der Waals surface area contributed by atoms with Crippen molar-refractivity contribution in [1.82, 2.24) is 30.0 Å². The SMILES string of the molecule is Cc1ccn(-c2ccc(C(=O)N[C@@H]3CCC(F)(F)C[C@@H]3C(=O)N3CCC4C(c5ncc[nH]5)Nc5ccc(F)cc5C43)cc2)n1. The normalized spacial score (nSPS) is 25.5. The van der Waals surface area contributed by atoms with Crippen LogP contribution in [0.15, 0.2) is 67.1 Å². The van der Waals surface area contributed by atoms with E-state index in [0.717, 1.165) is 11.4 Å². The fourth-order valence-corrected chi connectivity index (χ4v) is 7.07. The second-order valence-corrected chi connectivity index (χ2v) is 12.0. The predicted octanol–water partition coefficient (Wildman–Crippen LogP) is 5.33. The molecule has 2 amide bonds. The number of aromatic amines is 1. The second kappa shape index (κ2) is 10.8. The third-order valence-corrected chi connectivity index (χ3v) is 9.19. The van der Waals surface area contributed by atoms with Gasteiger partial charge in [0.2, 0.25) is 11.8 Å². The van der Waals surface area contributed by atoms with Gasteiger partial charge < -0.3 is 20.5 Å². The standard InChI is InChI=1S/C32H32F3N7O2/c1-18-9-15-42(40-18)21-5-2-19(3-6-21)30(43)39-26-8-11-32(34,35)17-24(26)31(44)41-14-10-22-27(29-36-12-13-37-29)38-25-7-4-20(33)16-23(25)28(22)41/h2-7,9,12-13,15-16,22,24,26-28,38H,8,10-11,14,17H2,1H3,(H,36,37)(H,39,43)/t22?,24-,26+,27?,28?/m0/s1. The minimum atomic E-state index is -3.04. The molecule has 3 N–H and O–H groups in total. The summed E-state index contributed by atoms with van der Waals surface area (Å²) in [5.41, 5.74) is 3.26. The first-order chi connectivity index (χ1) is 21.2. The average Bonchev–Trinajstić information content (AvgIpc) is 3.79. The molecule has 0 bridgehead atoms. The molecule has 5 atom stereocenters. The average molecular weight is 604 g/mol. The Kier molecular flexibility index (Phi) is 6.94. The van der Waals surface area contributed by atoms with Crippen LogP contribution in [0.3, 0.4) is 0 Å². The summed E-state index contributed by atoms with van der Waals surface area (Å²) in [6.45, 7) is 2.20. The number of aryl methyl sites for hydroxylation is 1. The van der Waals surface area contributed by atoms with E-state index < -0.39 is 54.4 Å². The van der Waals surface area contributed by atoms with Gasteiger partial charge in [0.25, 0.3) is 5.91 Å². The molecule has 1 aliphatic carbocycles. The van der Waals surface area contributed by atoms with Crippen molar-refractivity contribution in [2.75, 3.05) is 11.9 Å². The van der Waals surface area contributed by atoms with Gasteiger partial charge in [0.05, 0.1) is 29.4 Å². The Bertz CT molecular complexity index is 1690. The molecule has 3 unspecified atom stereocenters. The molecule has 2 aromatic carbocycles. The highest BCUT2D eigenvalue weighted by Gasteiger charge is 2.52. The number of halogens is 3. The lowest BCUT2D eigenvalue weighted by atomic mass is 9.79. The van der Waals surface area contributed by atoms with E-state index in [-0.39, 0.29) is 18.4 Å². The summed E-state index contributed by atoms with van der Waals surface area (Å²) in [4.78, 5) is 36.7. The number of likely N-dealkylation sites (tertiary alicyclic amines) is 1. The fourth-order valence-electron chi connectivity index (χ4n) is 7.07. The highest BCUT2D eigenvalue weighted by atomic mass is 19.3. The number of fused-ring (bicyclic) bond motifs is 3. The van der Waals surface area contributed by atoms with Crippen molar-refractivity contribution in [2.45, 2.75) is 56.7 Å². The van der Waals surface area contributed by atoms with Crippen LogP contribution in [0, 0.1) is 24.6 Å². The number of anilines is 1. The Morgan fingerprint density at radius 3 is 2.64 bits per heavy atom. The van der Waals surface area contributed by atoms with Crippen LogP contribution in [0.4, 0.5) is 18.9 Å². The molecule has 9 nitrogen and oxygen atoms in total. The van der Waals surface area contributed by atoms with Crippen molar-refractivity contribution in [3.8, 4) is 5.69 Å². The zero-order valence-corrected chi connectivity index (χ0v) is 24.0. The number of H-pyrrole nitrogens is 1. The fraction of sp³-hybridized carbons (Fsp3) is 0.375. The maximum atomic E-state index is 14.9. The summed E-state index contributed by atoms with van der Waals surface area (Å²) in [5.74, 6) is -4.99. The number of nitrogens with one attached hydrogen (secondary N) is 3. The zero-order valence-electron chi connectivity index (χ0n) is 24.0. The van der Waals surface area contributed by atoms with E-state index in [1.165, 1.54) is 12.1 Å². The van der Waals surface area contributed by atoms with Crippen LogP contribution in [0.25, 0.3) is 5.69 Å². The van der Waals surface area contributed by atoms with E-state index in [9.17, 15) is 22.8 Å². The van der Waals surface area contributed by atoms with Gasteiger partial charge >= 0.3 is 0 Å². The first-order valence-electron chi connectivity index (χ1n) is 14.8. The number of hydrogen-bond donors (Lipinski definition) is 3. The molecule has 44 heavy (non-hydrogen) atoms. The van der Waals surface area contributed by atoms with Crippen LogP contribution in [0.5, 0.6) is 0 Å². The molecule has 1 saturated carbocycles. The van der Waals surface area contributed by atoms with Crippen molar-refractivity contribution in [3.63, 3.8) is 0 Å². The number of carbonyl (C=O) groups is 2. The molecule has 3 aliphatic rings. The molecule has 12 heteroatoms. The number of alkyl halides is 2. The largest absolute Gasteiger partial charge is 0.375 e. The summed E-state index contributed by atoms with van der Waals surface area (Å²) in [5, 5.41) is 10.7. The number of rotatable bonds is 5. The maximum Gasteiger partial charge on any atom is 0.251 e. The molecule has 228 valence electrons. The van der Waals surface area contributed by atoms with Gasteiger partial charge in [-0.3, -0.25) is 9.59 Å². The molecule has 7 rings (SSSR count). The van der Waals surface area contributed by atoms with Crippen LogP contribution >= 0.6 is 0 Å². The minimum absolute atomic E-state index is 0.0382. The van der Waals surface area contributed by atoms with Crippen LogP contribution in [0.1, 0.15) is 65.2 Å². The predicted molar refractivity (Wildman–Crippen MR) is 156 cm³/mol. The van der Waals surface area contributed by atoms with Gasteiger partial charge in [-0.2, -0.15) is 5.10 Å². The Balaban J connectivity index is 1.15. The number of amides is 2. The number of hydrogen-bond acceptors (Lipinski definition) is 5. The Morgan fingerprint density at radius 1 is 1.09 bits per heavy atom. The molecular weight excluding hydrogens is 571 g/mol. The van der Waals surface area contributed by atoms with Crippen molar-refractivity contribution in [3.05, 3.63) is 95.6 Å². The van der Waals surface area contributed by atoms with Gasteiger partial charge in [-0.05, 0) is 68.3 Å². The molecule has 4 aromatic rings. The van der Waals surface area contributed by atoms with Gasteiger partial charge in [-0.25, -0.2) is 22.8 Å². The van der Waals surface area contributed by atoms with E-state index in [1.54, 1.807) is 52.3 Å². The molecule has 2 aromatic heterocycles. The molecular formula is C32H32F3N7O2. The quantitative estimate of drug-likeness (QED) is 0.286. The van der Waals surface area contributed by atoms with Crippen LogP contribution in [-0.2, 0) is 4.79 Å². The minimum Gasteiger partial charge on any atom is -0.375 e. The summed E-state index contributed by atoms with van der Waals surface area (Å²) >= 11 is 0. The number of nitrogens with zero attached hydrogens (tertiary/aromatic N) is 4. The Hall–Kier alpha value is -4.61. The number of carbonyl (C=O) groups excluding carboxylic acids is 2. The highest BCUT2D eigenvalue weighted by molar-refractivity contribution is 5.95.